The summed E-state index contributed by atoms with van der Waals surface area (Å²) in [6.45, 7) is 5.61. The van der Waals surface area contributed by atoms with Crippen molar-refractivity contribution in [2.75, 3.05) is 13.1 Å². The summed E-state index contributed by atoms with van der Waals surface area (Å²) in [5.74, 6) is -0.120. The third-order valence-corrected chi connectivity index (χ3v) is 4.52. The molecule has 6 nitrogen and oxygen atoms in total. The first-order chi connectivity index (χ1) is 10.9. The predicted octanol–water partition coefficient (Wildman–Crippen LogP) is 1.46. The molecule has 2 aliphatic rings. The Bertz CT molecular complexity index is 694. The number of nitrogens with one attached hydrogen (secondary N) is 1. The van der Waals surface area contributed by atoms with Crippen LogP contribution in [0.4, 0.5) is 4.79 Å². The molecular weight excluding hydrogens is 292 g/mol. The third-order valence-electron chi connectivity index (χ3n) is 4.52. The Morgan fingerprint density at radius 2 is 2.17 bits per heavy atom. The second-order valence-corrected chi connectivity index (χ2v) is 6.55. The number of urea groups is 1. The molecule has 0 radical (unpaired) electrons. The Hall–Kier alpha value is -2.39. The Labute approximate surface area is 135 Å². The van der Waals surface area contributed by atoms with Crippen LogP contribution in [0, 0.1) is 11.3 Å². The van der Waals surface area contributed by atoms with Crippen molar-refractivity contribution < 1.29 is 9.59 Å². The number of hydrogen-bond acceptors (Lipinski definition) is 4. The fourth-order valence-corrected chi connectivity index (χ4v) is 3.41. The molecule has 0 aliphatic carbocycles. The second-order valence-electron chi connectivity index (χ2n) is 6.55. The maximum Gasteiger partial charge on any atom is 0.325 e. The van der Waals surface area contributed by atoms with Gasteiger partial charge in [-0.2, -0.15) is 5.26 Å². The highest BCUT2D eigenvalue weighted by molar-refractivity contribution is 6.07. The van der Waals surface area contributed by atoms with Gasteiger partial charge in [0, 0.05) is 25.7 Å². The number of amides is 3. The van der Waals surface area contributed by atoms with Gasteiger partial charge in [0.05, 0.1) is 11.6 Å². The van der Waals surface area contributed by atoms with Crippen LogP contribution in [0.25, 0.3) is 0 Å². The van der Waals surface area contributed by atoms with Crippen LogP contribution in [0.2, 0.25) is 0 Å². The predicted molar refractivity (Wildman–Crippen MR) is 84.3 cm³/mol. The van der Waals surface area contributed by atoms with Crippen LogP contribution < -0.4 is 5.32 Å². The van der Waals surface area contributed by atoms with Gasteiger partial charge in [-0.1, -0.05) is 12.1 Å². The maximum absolute atomic E-state index is 12.7. The van der Waals surface area contributed by atoms with E-state index >= 15 is 0 Å². The van der Waals surface area contributed by atoms with E-state index in [0.29, 0.717) is 25.1 Å². The van der Waals surface area contributed by atoms with Gasteiger partial charge in [0.1, 0.15) is 5.54 Å². The van der Waals surface area contributed by atoms with Gasteiger partial charge in [-0.05, 0) is 38.0 Å². The minimum Gasteiger partial charge on any atom is -0.322 e. The summed E-state index contributed by atoms with van der Waals surface area (Å²) in [4.78, 5) is 28.2. The van der Waals surface area contributed by atoms with Gasteiger partial charge >= 0.3 is 6.03 Å². The van der Waals surface area contributed by atoms with E-state index in [2.05, 4.69) is 16.3 Å². The van der Waals surface area contributed by atoms with Crippen LogP contribution in [0.15, 0.2) is 24.3 Å². The Morgan fingerprint density at radius 1 is 1.39 bits per heavy atom. The molecule has 6 heteroatoms. The number of carbonyl (C=O) groups excluding carboxylic acids is 2. The normalized spacial score (nSPS) is 24.5. The highest BCUT2D eigenvalue weighted by Gasteiger charge is 2.55. The van der Waals surface area contributed by atoms with Crippen molar-refractivity contribution in [2.24, 2.45) is 0 Å². The van der Waals surface area contributed by atoms with Crippen molar-refractivity contribution in [3.8, 4) is 6.07 Å². The quantitative estimate of drug-likeness (QED) is 0.857. The number of nitrogens with zero attached hydrogens (tertiary/aromatic N) is 3. The summed E-state index contributed by atoms with van der Waals surface area (Å²) in [6, 6.07) is 9.18. The molecule has 1 N–H and O–H groups in total. The van der Waals surface area contributed by atoms with E-state index in [1.54, 1.807) is 6.07 Å². The summed E-state index contributed by atoms with van der Waals surface area (Å²) in [6.07, 6.45) is 0.624. The van der Waals surface area contributed by atoms with Crippen molar-refractivity contribution in [3.05, 3.63) is 35.4 Å². The highest BCUT2D eigenvalue weighted by atomic mass is 16.2. The SMILES string of the molecule is CC(C)N1C(=O)N[C@@]2(CCN(Cc3cccc(C#N)c3)C2)C1=O. The molecule has 0 bridgehead atoms. The van der Waals surface area contributed by atoms with Crippen molar-refractivity contribution in [1.82, 2.24) is 15.1 Å². The fourth-order valence-electron chi connectivity index (χ4n) is 3.41. The van der Waals surface area contributed by atoms with Gasteiger partial charge in [-0.25, -0.2) is 4.79 Å². The van der Waals surface area contributed by atoms with Gasteiger partial charge in [0.2, 0.25) is 0 Å². The molecule has 2 fully saturated rings. The number of likely N-dealkylation sites (tertiary alicyclic amines) is 1. The summed E-state index contributed by atoms with van der Waals surface area (Å²) >= 11 is 0. The molecule has 0 unspecified atom stereocenters. The van der Waals surface area contributed by atoms with Crippen molar-refractivity contribution >= 4 is 11.9 Å². The summed E-state index contributed by atoms with van der Waals surface area (Å²) < 4.78 is 0. The zero-order valence-electron chi connectivity index (χ0n) is 13.4. The maximum atomic E-state index is 12.7. The smallest absolute Gasteiger partial charge is 0.322 e. The third kappa shape index (κ3) is 2.68. The topological polar surface area (TPSA) is 76.4 Å². The lowest BCUT2D eigenvalue weighted by molar-refractivity contribution is -0.132. The van der Waals surface area contributed by atoms with Gasteiger partial charge in [-0.15, -0.1) is 0 Å². The number of hydrogen-bond donors (Lipinski definition) is 1. The molecule has 1 aromatic rings. The molecule has 1 atom stereocenters. The van der Waals surface area contributed by atoms with Crippen molar-refractivity contribution in [1.29, 1.82) is 5.26 Å². The molecule has 120 valence electrons. The Kier molecular flexibility index (Phi) is 3.82. The van der Waals surface area contributed by atoms with E-state index in [1.165, 1.54) is 4.90 Å². The number of benzene rings is 1. The second kappa shape index (κ2) is 5.67. The standard InChI is InChI=1S/C17H20N4O2/c1-12(2)21-15(22)17(19-16(21)23)6-7-20(11-17)10-14-5-3-4-13(8-14)9-18/h3-5,8,12H,6-7,10-11H2,1-2H3,(H,19,23)/t17-/m1/s1. The van der Waals surface area contributed by atoms with Gasteiger partial charge in [0.25, 0.3) is 5.91 Å². The highest BCUT2D eigenvalue weighted by Crippen LogP contribution is 2.30. The van der Waals surface area contributed by atoms with Crippen LogP contribution in [-0.4, -0.2) is 46.4 Å². The number of carbonyl (C=O) groups is 2. The zero-order chi connectivity index (χ0) is 16.6. The van der Waals surface area contributed by atoms with Gasteiger partial charge in [-0.3, -0.25) is 14.6 Å². The minimum absolute atomic E-state index is 0.120. The number of nitriles is 1. The van der Waals surface area contributed by atoms with E-state index in [1.807, 2.05) is 32.0 Å². The average Bonchev–Trinajstić information content (AvgIpc) is 3.01. The van der Waals surface area contributed by atoms with E-state index in [9.17, 15) is 9.59 Å². The van der Waals surface area contributed by atoms with E-state index in [4.69, 9.17) is 5.26 Å². The molecule has 3 rings (SSSR count). The van der Waals surface area contributed by atoms with Crippen LogP contribution in [-0.2, 0) is 11.3 Å². The summed E-state index contributed by atoms with van der Waals surface area (Å²) in [7, 11) is 0. The molecule has 2 saturated heterocycles. The molecule has 1 spiro atoms. The Morgan fingerprint density at radius 3 is 2.83 bits per heavy atom. The lowest BCUT2D eigenvalue weighted by Crippen LogP contribution is -2.49. The molecule has 0 aromatic heterocycles. The van der Waals surface area contributed by atoms with E-state index < -0.39 is 5.54 Å². The first-order valence-corrected chi connectivity index (χ1v) is 7.82. The zero-order valence-corrected chi connectivity index (χ0v) is 13.4. The minimum atomic E-state index is -0.784. The number of imide groups is 1. The van der Waals surface area contributed by atoms with Crippen molar-refractivity contribution in [3.63, 3.8) is 0 Å². The summed E-state index contributed by atoms with van der Waals surface area (Å²) in [5.41, 5.74) is 0.889. The molecule has 2 heterocycles. The summed E-state index contributed by atoms with van der Waals surface area (Å²) in [5, 5.41) is 11.9. The van der Waals surface area contributed by atoms with E-state index in [-0.39, 0.29) is 18.0 Å². The number of rotatable bonds is 3. The molecule has 3 amide bonds. The molecular formula is C17H20N4O2. The fraction of sp³-hybridized carbons (Fsp3) is 0.471. The van der Waals surface area contributed by atoms with Crippen LogP contribution in [0.3, 0.4) is 0 Å². The first kappa shape index (κ1) is 15.5. The van der Waals surface area contributed by atoms with Gasteiger partial charge in [0.15, 0.2) is 0 Å². The molecule has 23 heavy (non-hydrogen) atoms. The van der Waals surface area contributed by atoms with Crippen molar-refractivity contribution in [2.45, 2.75) is 38.4 Å². The average molecular weight is 312 g/mol. The van der Waals surface area contributed by atoms with Crippen LogP contribution >= 0.6 is 0 Å². The molecule has 2 aliphatic heterocycles. The van der Waals surface area contributed by atoms with Crippen LogP contribution in [0.1, 0.15) is 31.4 Å². The largest absolute Gasteiger partial charge is 0.325 e. The monoisotopic (exact) mass is 312 g/mol. The molecule has 1 aromatic carbocycles. The van der Waals surface area contributed by atoms with E-state index in [0.717, 1.165) is 12.1 Å². The lowest BCUT2D eigenvalue weighted by Gasteiger charge is -2.23. The molecule has 0 saturated carbocycles. The first-order valence-electron chi connectivity index (χ1n) is 7.82. The van der Waals surface area contributed by atoms with Gasteiger partial charge < -0.3 is 5.32 Å². The van der Waals surface area contributed by atoms with Crippen LogP contribution in [0.5, 0.6) is 0 Å². The lowest BCUT2D eigenvalue weighted by atomic mass is 9.98. The Balaban J connectivity index is 1.72.